The van der Waals surface area contributed by atoms with E-state index >= 15 is 0 Å². The summed E-state index contributed by atoms with van der Waals surface area (Å²) in [6.07, 6.45) is 19.0. The van der Waals surface area contributed by atoms with Crippen LogP contribution in [0.1, 0.15) is 104 Å². The molecule has 0 spiro atoms. The number of phosphoric ester groups is 1. The SMILES string of the molecule is CCCCC/C=C\CCCCCCCCOCC(COP(=O)(O)OCCN)OC(=O)CCCC. The smallest absolute Gasteiger partial charge is 0.457 e. The summed E-state index contributed by atoms with van der Waals surface area (Å²) in [4.78, 5) is 21.6. The molecule has 3 N–H and O–H groups in total. The Hall–Kier alpha value is -0.760. The molecule has 0 aromatic carbocycles. The molecule has 0 rings (SSSR count). The van der Waals surface area contributed by atoms with Crippen LogP contribution in [-0.2, 0) is 27.9 Å². The number of unbranched alkanes of at least 4 members (excludes halogenated alkanes) is 10. The van der Waals surface area contributed by atoms with E-state index in [0.717, 1.165) is 25.7 Å². The van der Waals surface area contributed by atoms with E-state index in [1.165, 1.54) is 57.8 Å². The lowest BCUT2D eigenvalue weighted by Gasteiger charge is -2.20. The molecule has 0 aromatic heterocycles. The van der Waals surface area contributed by atoms with Crippen molar-refractivity contribution >= 4 is 13.8 Å². The van der Waals surface area contributed by atoms with Gasteiger partial charge in [-0.3, -0.25) is 13.8 Å². The third-order valence-electron chi connectivity index (χ3n) is 5.18. The van der Waals surface area contributed by atoms with Gasteiger partial charge in [0.15, 0.2) is 0 Å². The standard InChI is InChI=1S/C25H50NO7P/c1-3-5-7-8-9-10-11-12-13-14-15-16-17-20-30-22-24(33-25(27)18-6-4-2)23-32-34(28,29)31-21-19-26/h9-10,24H,3-8,11-23,26H2,1-2H3,(H,28,29)/b10-9-. The predicted octanol–water partition coefficient (Wildman–Crippen LogP) is 6.06. The Labute approximate surface area is 207 Å². The minimum atomic E-state index is -4.23. The van der Waals surface area contributed by atoms with Crippen LogP contribution >= 0.6 is 7.82 Å². The first-order chi connectivity index (χ1) is 16.4. The highest BCUT2D eigenvalue weighted by Crippen LogP contribution is 2.43. The van der Waals surface area contributed by atoms with Gasteiger partial charge < -0.3 is 20.1 Å². The van der Waals surface area contributed by atoms with Gasteiger partial charge in [-0.1, -0.05) is 70.9 Å². The lowest BCUT2D eigenvalue weighted by atomic mass is 10.1. The molecule has 2 unspecified atom stereocenters. The van der Waals surface area contributed by atoms with Gasteiger partial charge in [-0.25, -0.2) is 4.57 Å². The van der Waals surface area contributed by atoms with E-state index in [1.54, 1.807) is 0 Å². The fourth-order valence-corrected chi connectivity index (χ4v) is 3.97. The summed E-state index contributed by atoms with van der Waals surface area (Å²) < 4.78 is 32.5. The average molecular weight is 508 g/mol. The van der Waals surface area contributed by atoms with Crippen LogP contribution in [0.3, 0.4) is 0 Å². The molecular weight excluding hydrogens is 457 g/mol. The van der Waals surface area contributed by atoms with Crippen LogP contribution in [0.2, 0.25) is 0 Å². The van der Waals surface area contributed by atoms with Gasteiger partial charge in [0.25, 0.3) is 0 Å². The van der Waals surface area contributed by atoms with E-state index < -0.39 is 13.9 Å². The van der Waals surface area contributed by atoms with E-state index in [2.05, 4.69) is 19.1 Å². The zero-order valence-corrected chi connectivity index (χ0v) is 22.5. The maximum absolute atomic E-state index is 12.0. The van der Waals surface area contributed by atoms with Gasteiger partial charge in [-0.15, -0.1) is 0 Å². The van der Waals surface area contributed by atoms with Crippen molar-refractivity contribution in [2.45, 2.75) is 110 Å². The Kier molecular flexibility index (Phi) is 23.4. The maximum Gasteiger partial charge on any atom is 0.472 e. The largest absolute Gasteiger partial charge is 0.472 e. The third-order valence-corrected chi connectivity index (χ3v) is 6.17. The van der Waals surface area contributed by atoms with Gasteiger partial charge in [-0.05, 0) is 38.5 Å². The first-order valence-electron chi connectivity index (χ1n) is 13.2. The lowest BCUT2D eigenvalue weighted by Crippen LogP contribution is -2.28. The van der Waals surface area contributed by atoms with Crippen LogP contribution in [0.15, 0.2) is 12.2 Å². The molecule has 9 heteroatoms. The van der Waals surface area contributed by atoms with Crippen molar-refractivity contribution < 1.29 is 32.8 Å². The van der Waals surface area contributed by atoms with Crippen molar-refractivity contribution in [2.75, 3.05) is 33.0 Å². The summed E-state index contributed by atoms with van der Waals surface area (Å²) in [7, 11) is -4.23. The van der Waals surface area contributed by atoms with Crippen molar-refractivity contribution in [1.29, 1.82) is 0 Å². The van der Waals surface area contributed by atoms with Gasteiger partial charge >= 0.3 is 13.8 Å². The zero-order valence-electron chi connectivity index (χ0n) is 21.6. The Bertz CT molecular complexity index is 545. The van der Waals surface area contributed by atoms with Gasteiger partial charge in [0.2, 0.25) is 0 Å². The summed E-state index contributed by atoms with van der Waals surface area (Å²) >= 11 is 0. The number of nitrogens with two attached hydrogens (primary N) is 1. The maximum atomic E-state index is 12.0. The summed E-state index contributed by atoms with van der Waals surface area (Å²) in [5.74, 6) is -0.370. The molecule has 0 saturated heterocycles. The highest BCUT2D eigenvalue weighted by molar-refractivity contribution is 7.47. The Morgan fingerprint density at radius 2 is 1.47 bits per heavy atom. The molecule has 0 fully saturated rings. The fraction of sp³-hybridized carbons (Fsp3) is 0.880. The molecule has 0 aliphatic rings. The monoisotopic (exact) mass is 507 g/mol. The number of ether oxygens (including phenoxy) is 2. The van der Waals surface area contributed by atoms with Gasteiger partial charge in [-0.2, -0.15) is 0 Å². The summed E-state index contributed by atoms with van der Waals surface area (Å²) in [5.41, 5.74) is 5.27. The highest BCUT2D eigenvalue weighted by atomic mass is 31.2. The predicted molar refractivity (Wildman–Crippen MR) is 137 cm³/mol. The first kappa shape index (κ1) is 33.2. The van der Waals surface area contributed by atoms with Crippen molar-refractivity contribution in [2.24, 2.45) is 5.73 Å². The fourth-order valence-electron chi connectivity index (χ4n) is 3.20. The number of carbonyl (C=O) groups is 1. The number of carbonyl (C=O) groups excluding carboxylic acids is 1. The Balaban J connectivity index is 3.97. The lowest BCUT2D eigenvalue weighted by molar-refractivity contribution is -0.154. The normalized spacial score (nSPS) is 14.4. The molecule has 0 aromatic rings. The van der Waals surface area contributed by atoms with Crippen LogP contribution < -0.4 is 5.73 Å². The molecule has 0 saturated carbocycles. The molecule has 2 atom stereocenters. The summed E-state index contributed by atoms with van der Waals surface area (Å²) in [5, 5.41) is 0. The van der Waals surface area contributed by atoms with E-state index in [1.807, 2.05) is 6.92 Å². The molecule has 34 heavy (non-hydrogen) atoms. The van der Waals surface area contributed by atoms with Crippen LogP contribution in [0, 0.1) is 0 Å². The van der Waals surface area contributed by atoms with Gasteiger partial charge in [0.05, 0.1) is 19.8 Å². The number of hydrogen-bond donors (Lipinski definition) is 2. The second-order valence-corrected chi connectivity index (χ2v) is 10.0. The molecule has 0 aliphatic carbocycles. The van der Waals surface area contributed by atoms with E-state index in [4.69, 9.17) is 24.3 Å². The van der Waals surface area contributed by atoms with Gasteiger partial charge in [0.1, 0.15) is 6.10 Å². The van der Waals surface area contributed by atoms with Gasteiger partial charge in [0, 0.05) is 19.6 Å². The minimum absolute atomic E-state index is 0.0963. The molecule has 0 amide bonds. The van der Waals surface area contributed by atoms with Crippen LogP contribution in [-0.4, -0.2) is 49.9 Å². The quantitative estimate of drug-likeness (QED) is 0.0662. The zero-order chi connectivity index (χ0) is 25.3. The second-order valence-electron chi connectivity index (χ2n) is 8.55. The molecule has 0 bridgehead atoms. The molecule has 0 heterocycles. The number of phosphoric acid groups is 1. The molecule has 8 nitrogen and oxygen atoms in total. The van der Waals surface area contributed by atoms with Crippen molar-refractivity contribution in [1.82, 2.24) is 0 Å². The second kappa shape index (κ2) is 24.0. The minimum Gasteiger partial charge on any atom is -0.457 e. The number of allylic oxidation sites excluding steroid dienone is 2. The van der Waals surface area contributed by atoms with Crippen LogP contribution in [0.4, 0.5) is 0 Å². The van der Waals surface area contributed by atoms with E-state index in [0.29, 0.717) is 13.0 Å². The number of esters is 1. The molecule has 202 valence electrons. The molecule has 0 radical (unpaired) electrons. The Morgan fingerprint density at radius 1 is 0.853 bits per heavy atom. The summed E-state index contributed by atoms with van der Waals surface area (Å²) in [6.45, 7) is 4.60. The summed E-state index contributed by atoms with van der Waals surface area (Å²) in [6, 6.07) is 0. The van der Waals surface area contributed by atoms with Crippen molar-refractivity contribution in [3.8, 4) is 0 Å². The topological polar surface area (TPSA) is 117 Å². The third kappa shape index (κ3) is 23.0. The first-order valence-corrected chi connectivity index (χ1v) is 14.7. The molecular formula is C25H50NO7P. The Morgan fingerprint density at radius 3 is 2.12 bits per heavy atom. The van der Waals surface area contributed by atoms with Crippen molar-refractivity contribution in [3.63, 3.8) is 0 Å². The van der Waals surface area contributed by atoms with E-state index in [-0.39, 0.29) is 32.3 Å². The highest BCUT2D eigenvalue weighted by Gasteiger charge is 2.25. The average Bonchev–Trinajstić information content (AvgIpc) is 2.82. The molecule has 0 aliphatic heterocycles. The van der Waals surface area contributed by atoms with E-state index in [9.17, 15) is 14.3 Å². The van der Waals surface area contributed by atoms with Crippen LogP contribution in [0.25, 0.3) is 0 Å². The van der Waals surface area contributed by atoms with Crippen LogP contribution in [0.5, 0.6) is 0 Å². The van der Waals surface area contributed by atoms with Crippen molar-refractivity contribution in [3.05, 3.63) is 12.2 Å². The number of hydrogen-bond acceptors (Lipinski definition) is 7. The number of rotatable bonds is 25.